The first-order valence-corrected chi connectivity index (χ1v) is 36.8. The van der Waals surface area contributed by atoms with E-state index in [2.05, 4.69) is 20.8 Å². The number of aliphatic hydroxyl groups is 10. The van der Waals surface area contributed by atoms with Crippen LogP contribution in [0.15, 0.2) is 0 Å². The minimum absolute atomic E-state index is 0.0326. The fraction of sp³-hybridized carbons (Fsp3) is 0.955. The van der Waals surface area contributed by atoms with E-state index in [9.17, 15) is 74.9 Å². The zero-order valence-electron chi connectivity index (χ0n) is 55.4. The number of esters is 3. The van der Waals surface area contributed by atoms with Crippen molar-refractivity contribution in [2.75, 3.05) is 26.4 Å². The largest absolute Gasteiger partial charge is 0.472 e. The van der Waals surface area contributed by atoms with Crippen molar-refractivity contribution in [1.29, 1.82) is 0 Å². The first-order chi connectivity index (χ1) is 43.8. The van der Waals surface area contributed by atoms with Crippen LogP contribution in [-0.2, 0) is 61.2 Å². The molecule has 0 radical (unpaired) electrons. The fourth-order valence-electron chi connectivity index (χ4n) is 11.8. The van der Waals surface area contributed by atoms with Gasteiger partial charge in [0.2, 0.25) is 0 Å². The molecule has 91 heavy (non-hydrogen) atoms. The molecule has 1 saturated carbocycles. The second-order valence-corrected chi connectivity index (χ2v) is 27.0. The van der Waals surface area contributed by atoms with E-state index in [0.717, 1.165) is 89.9 Å². The number of ether oxygens (including phenoxy) is 7. The Kier molecular flexibility index (Phi) is 45.2. The second-order valence-electron chi connectivity index (χ2n) is 25.6. The van der Waals surface area contributed by atoms with Gasteiger partial charge in [0, 0.05) is 19.3 Å². The average molecular weight is 1330 g/mol. The summed E-state index contributed by atoms with van der Waals surface area (Å²) in [6, 6.07) is 0. The average Bonchev–Trinajstić information content (AvgIpc) is 0.788. The Morgan fingerprint density at radius 1 is 0.385 bits per heavy atom. The molecule has 1 aliphatic carbocycles. The van der Waals surface area contributed by atoms with E-state index in [1.54, 1.807) is 0 Å². The van der Waals surface area contributed by atoms with Crippen molar-refractivity contribution in [2.45, 2.75) is 375 Å². The zero-order chi connectivity index (χ0) is 66.8. The van der Waals surface area contributed by atoms with Gasteiger partial charge in [0.05, 0.1) is 13.2 Å². The minimum Gasteiger partial charge on any atom is -0.463 e. The highest BCUT2D eigenvalue weighted by atomic mass is 31.2. The number of phosphoric ester groups is 1. The Balaban J connectivity index is 1.76. The molecule has 2 heterocycles. The minimum atomic E-state index is -5.68. The number of carbonyl (C=O) groups excluding carboxylic acids is 3. The quantitative estimate of drug-likeness (QED) is 0.0118. The number of hydrogen-bond acceptors (Lipinski definition) is 23. The molecular weight excluding hydrogens is 1210 g/mol. The van der Waals surface area contributed by atoms with Crippen LogP contribution < -0.4 is 0 Å². The van der Waals surface area contributed by atoms with Gasteiger partial charge in [0.25, 0.3) is 0 Å². The van der Waals surface area contributed by atoms with Crippen molar-refractivity contribution in [3.8, 4) is 0 Å². The van der Waals surface area contributed by atoms with Gasteiger partial charge < -0.3 is 89.1 Å². The molecule has 0 spiro atoms. The third kappa shape index (κ3) is 33.7. The van der Waals surface area contributed by atoms with E-state index in [1.807, 2.05) is 0 Å². The lowest BCUT2D eigenvalue weighted by molar-refractivity contribution is -0.360. The fourth-order valence-corrected chi connectivity index (χ4v) is 12.8. The summed E-state index contributed by atoms with van der Waals surface area (Å²) >= 11 is 0. The molecule has 0 aromatic rings. The molecule has 0 aromatic carbocycles. The van der Waals surface area contributed by atoms with Crippen LogP contribution in [0, 0.1) is 0 Å². The predicted molar refractivity (Wildman–Crippen MR) is 338 cm³/mol. The highest BCUT2D eigenvalue weighted by molar-refractivity contribution is 7.47. The number of unbranched alkanes of at least 4 members (excludes halogenated alkanes) is 33. The van der Waals surface area contributed by atoms with Gasteiger partial charge in [-0.15, -0.1) is 0 Å². The van der Waals surface area contributed by atoms with Gasteiger partial charge in [-0.3, -0.25) is 23.4 Å². The number of carbonyl (C=O) groups is 3. The maximum atomic E-state index is 14.3. The second kappa shape index (κ2) is 49.5. The summed E-state index contributed by atoms with van der Waals surface area (Å²) in [5.41, 5.74) is 0. The van der Waals surface area contributed by atoms with Crippen LogP contribution in [0.4, 0.5) is 0 Å². The lowest BCUT2D eigenvalue weighted by atomic mass is 9.84. The molecule has 18 unspecified atom stereocenters. The molecule has 3 fully saturated rings. The van der Waals surface area contributed by atoms with Crippen LogP contribution in [0.25, 0.3) is 0 Å². The van der Waals surface area contributed by atoms with Crippen molar-refractivity contribution in [3.63, 3.8) is 0 Å². The Labute approximate surface area is 542 Å². The summed E-state index contributed by atoms with van der Waals surface area (Å²) in [4.78, 5) is 50.7. The van der Waals surface area contributed by atoms with E-state index in [0.29, 0.717) is 19.3 Å². The summed E-state index contributed by atoms with van der Waals surface area (Å²) in [6.45, 7) is 3.41. The topological polar surface area (TPSA) is 374 Å². The summed E-state index contributed by atoms with van der Waals surface area (Å²) in [5, 5.41) is 110. The van der Waals surface area contributed by atoms with Crippen molar-refractivity contribution in [2.24, 2.45) is 0 Å². The normalized spacial score (nSPS) is 28.8. The maximum absolute atomic E-state index is 14.3. The Bertz CT molecular complexity index is 1910. The molecule has 0 bridgehead atoms. The van der Waals surface area contributed by atoms with Gasteiger partial charge in [-0.05, 0) is 19.3 Å². The van der Waals surface area contributed by atoms with Crippen LogP contribution in [0.3, 0.4) is 0 Å². The molecule has 11 N–H and O–H groups in total. The molecule has 25 heteroatoms. The summed E-state index contributed by atoms with van der Waals surface area (Å²) in [7, 11) is -5.68. The summed E-state index contributed by atoms with van der Waals surface area (Å²) in [5.74, 6) is -1.98. The maximum Gasteiger partial charge on any atom is 0.472 e. The van der Waals surface area contributed by atoms with Gasteiger partial charge in [0.15, 0.2) is 18.7 Å². The number of rotatable bonds is 54. The van der Waals surface area contributed by atoms with Crippen LogP contribution in [-0.4, -0.2) is 204 Å². The van der Waals surface area contributed by atoms with E-state index in [1.165, 1.54) is 122 Å². The number of aliphatic hydroxyl groups excluding tert-OH is 10. The molecule has 3 aliphatic rings. The Morgan fingerprint density at radius 3 is 1.08 bits per heavy atom. The molecule has 18 atom stereocenters. The standard InChI is InChI=1S/C66H123O24P/c1-4-7-10-13-16-19-22-23-24-27-29-31-34-37-40-50(68)82-44-47(85-52(70)42-39-36-33-30-26-21-18-15-12-9-6-3)45-84-91(80,81)90-64-62(88-65-60(78)55(73)53(71)48(43-67)86-65)58(76)57(75)59(77)63(64)89-66-61(79)56(74)54(72)49(87-66)46-83-51(69)41-38-35-32-28-25-20-17-14-11-8-5-2/h47-49,53-67,71-79H,4-46H2,1-3H3,(H,80,81). The lowest BCUT2D eigenvalue weighted by Gasteiger charge is -2.49. The molecular formula is C66H123O24P. The van der Waals surface area contributed by atoms with Crippen molar-refractivity contribution in [1.82, 2.24) is 0 Å². The van der Waals surface area contributed by atoms with E-state index in [-0.39, 0.29) is 19.3 Å². The van der Waals surface area contributed by atoms with Gasteiger partial charge >= 0.3 is 25.7 Å². The molecule has 536 valence electrons. The van der Waals surface area contributed by atoms with Crippen molar-refractivity contribution < 1.29 is 117 Å². The smallest absolute Gasteiger partial charge is 0.463 e. The molecule has 24 nitrogen and oxygen atoms in total. The Morgan fingerprint density at radius 2 is 0.703 bits per heavy atom. The predicted octanol–water partition coefficient (Wildman–Crippen LogP) is 8.23. The first kappa shape index (κ1) is 83.2. The van der Waals surface area contributed by atoms with Gasteiger partial charge in [-0.1, -0.05) is 233 Å². The lowest BCUT2D eigenvalue weighted by Crippen LogP contribution is -2.69. The zero-order valence-corrected chi connectivity index (χ0v) is 56.3. The van der Waals surface area contributed by atoms with Crippen LogP contribution >= 0.6 is 7.82 Å². The van der Waals surface area contributed by atoms with E-state index < -0.39 is 156 Å². The molecule has 2 saturated heterocycles. The van der Waals surface area contributed by atoms with E-state index >= 15 is 0 Å². The van der Waals surface area contributed by atoms with Crippen LogP contribution in [0.2, 0.25) is 0 Å². The number of phosphoric acid groups is 1. The molecule has 3 rings (SSSR count). The van der Waals surface area contributed by atoms with Gasteiger partial charge in [-0.2, -0.15) is 0 Å². The molecule has 2 aliphatic heterocycles. The van der Waals surface area contributed by atoms with Crippen LogP contribution in [0.5, 0.6) is 0 Å². The highest BCUT2D eigenvalue weighted by Crippen LogP contribution is 2.49. The van der Waals surface area contributed by atoms with Crippen LogP contribution in [0.1, 0.15) is 271 Å². The monoisotopic (exact) mass is 1330 g/mol. The third-order valence-electron chi connectivity index (χ3n) is 17.6. The highest BCUT2D eigenvalue weighted by Gasteiger charge is 2.58. The molecule has 0 amide bonds. The summed E-state index contributed by atoms with van der Waals surface area (Å²) < 4.78 is 64.8. The van der Waals surface area contributed by atoms with Gasteiger partial charge in [-0.25, -0.2) is 4.57 Å². The molecule has 0 aromatic heterocycles. The van der Waals surface area contributed by atoms with Crippen molar-refractivity contribution >= 4 is 25.7 Å². The SMILES string of the molecule is CCCCCCCCCCCCCCCCC(=O)OCC(COP(=O)(O)OC1C(OC2OC(CO)C(O)C(O)C2O)C(O)C(O)C(O)C1OC1OC(COC(=O)CCCCCCCCCCCCC)C(O)C(O)C1O)OC(=O)CCCCCCCCCCCCC. The third-order valence-corrected chi connectivity index (χ3v) is 18.6. The Hall–Kier alpha value is -2.04. The van der Waals surface area contributed by atoms with E-state index in [4.69, 9.17) is 42.2 Å². The van der Waals surface area contributed by atoms with Crippen molar-refractivity contribution in [3.05, 3.63) is 0 Å². The summed E-state index contributed by atoms with van der Waals surface area (Å²) in [6.07, 6.45) is 3.56. The number of hydrogen-bond donors (Lipinski definition) is 11. The van der Waals surface area contributed by atoms with Gasteiger partial charge in [0.1, 0.15) is 98.7 Å². The first-order valence-electron chi connectivity index (χ1n) is 35.3.